The summed E-state index contributed by atoms with van der Waals surface area (Å²) in [5.41, 5.74) is 2.60. The first kappa shape index (κ1) is 19.9. The van der Waals surface area contributed by atoms with Crippen LogP contribution in [0.25, 0.3) is 11.0 Å². The number of amides is 1. The molecule has 7 heteroatoms. The molecule has 28 heavy (non-hydrogen) atoms. The van der Waals surface area contributed by atoms with Gasteiger partial charge >= 0.3 is 11.6 Å². The van der Waals surface area contributed by atoms with Gasteiger partial charge in [-0.2, -0.15) is 0 Å². The molecule has 0 unspecified atom stereocenters. The van der Waals surface area contributed by atoms with Crippen molar-refractivity contribution in [1.29, 1.82) is 0 Å². The van der Waals surface area contributed by atoms with E-state index in [1.165, 1.54) is 0 Å². The van der Waals surface area contributed by atoms with Crippen LogP contribution in [0.4, 0.5) is 0 Å². The third kappa shape index (κ3) is 3.74. The maximum Gasteiger partial charge on any atom is 0.339 e. The van der Waals surface area contributed by atoms with Crippen molar-refractivity contribution in [3.63, 3.8) is 0 Å². The zero-order chi connectivity index (χ0) is 20.4. The molecule has 2 atom stereocenters. The zero-order valence-corrected chi connectivity index (χ0v) is 16.3. The van der Waals surface area contributed by atoms with Crippen LogP contribution in [0.3, 0.4) is 0 Å². The molecular formula is C21H25NO6. The van der Waals surface area contributed by atoms with E-state index in [1.807, 2.05) is 13.0 Å². The Balaban J connectivity index is 1.83. The highest BCUT2D eigenvalue weighted by molar-refractivity contribution is 5.88. The fourth-order valence-corrected chi connectivity index (χ4v) is 3.67. The van der Waals surface area contributed by atoms with Crippen LogP contribution < -0.4 is 15.7 Å². The monoisotopic (exact) mass is 387 g/mol. The number of nitrogens with one attached hydrogen (secondary N) is 1. The van der Waals surface area contributed by atoms with E-state index in [4.69, 9.17) is 9.15 Å². The summed E-state index contributed by atoms with van der Waals surface area (Å²) in [6, 6.07) is 2.68. The molecule has 0 spiro atoms. The van der Waals surface area contributed by atoms with Crippen LogP contribution in [-0.4, -0.2) is 29.1 Å². The van der Waals surface area contributed by atoms with E-state index in [9.17, 15) is 19.5 Å². The summed E-state index contributed by atoms with van der Waals surface area (Å²) in [7, 11) is 0. The second-order valence-corrected chi connectivity index (χ2v) is 7.21. The van der Waals surface area contributed by atoms with Gasteiger partial charge in [0.1, 0.15) is 17.4 Å². The standard InChI is InChI=1S/C21H25NO6/c1-4-6-16(20(24)25)22-19(23)12(3)27-17-10-9-14-13-7-5-8-15(13)21(26)28-18(14)11(17)2/h9-10,12,16H,4-8H2,1-3H3,(H,22,23)(H,24,25)/t12-,16+/m1/s1. The summed E-state index contributed by atoms with van der Waals surface area (Å²) < 4.78 is 11.3. The molecule has 150 valence electrons. The van der Waals surface area contributed by atoms with E-state index in [0.717, 1.165) is 35.8 Å². The van der Waals surface area contributed by atoms with Crippen molar-refractivity contribution in [2.45, 2.75) is 65.0 Å². The van der Waals surface area contributed by atoms with Crippen molar-refractivity contribution in [3.05, 3.63) is 39.2 Å². The lowest BCUT2D eigenvalue weighted by molar-refractivity contribution is -0.143. The molecule has 0 radical (unpaired) electrons. The van der Waals surface area contributed by atoms with Crippen LogP contribution in [0.2, 0.25) is 0 Å². The Kier molecular flexibility index (Phi) is 5.72. The Morgan fingerprint density at radius 3 is 2.68 bits per heavy atom. The molecule has 1 aromatic carbocycles. The van der Waals surface area contributed by atoms with Gasteiger partial charge in [0.15, 0.2) is 6.10 Å². The normalized spacial score (nSPS) is 15.1. The number of aryl methyl sites for hydroxylation is 2. The largest absolute Gasteiger partial charge is 0.480 e. The highest BCUT2D eigenvalue weighted by Gasteiger charge is 2.25. The lowest BCUT2D eigenvalue weighted by Gasteiger charge is -2.20. The predicted octanol–water partition coefficient (Wildman–Crippen LogP) is 2.73. The molecule has 0 fully saturated rings. The summed E-state index contributed by atoms with van der Waals surface area (Å²) in [4.78, 5) is 35.8. The van der Waals surface area contributed by atoms with Crippen LogP contribution in [0.15, 0.2) is 21.3 Å². The van der Waals surface area contributed by atoms with E-state index >= 15 is 0 Å². The van der Waals surface area contributed by atoms with Gasteiger partial charge in [0.2, 0.25) is 0 Å². The number of carbonyl (C=O) groups excluding carboxylic acids is 1. The maximum absolute atomic E-state index is 12.3. The first-order valence-electron chi connectivity index (χ1n) is 9.61. The highest BCUT2D eigenvalue weighted by Crippen LogP contribution is 2.33. The molecule has 0 bridgehead atoms. The molecule has 0 saturated heterocycles. The number of rotatable bonds is 7. The molecule has 1 aliphatic rings. The fraction of sp³-hybridized carbons (Fsp3) is 0.476. The molecule has 1 aromatic heterocycles. The quantitative estimate of drug-likeness (QED) is 0.708. The number of aliphatic carboxylic acids is 1. The Morgan fingerprint density at radius 2 is 2.00 bits per heavy atom. The second kappa shape index (κ2) is 8.04. The molecule has 7 nitrogen and oxygen atoms in total. The molecule has 2 N–H and O–H groups in total. The Labute approximate surface area is 162 Å². The van der Waals surface area contributed by atoms with E-state index < -0.39 is 24.0 Å². The average Bonchev–Trinajstić information content (AvgIpc) is 3.14. The molecule has 0 saturated carbocycles. The lowest BCUT2D eigenvalue weighted by atomic mass is 10.0. The van der Waals surface area contributed by atoms with Crippen LogP contribution >= 0.6 is 0 Å². The van der Waals surface area contributed by atoms with Crippen LogP contribution in [0.1, 0.15) is 49.8 Å². The fourth-order valence-electron chi connectivity index (χ4n) is 3.67. The Hall–Kier alpha value is -2.83. The molecule has 1 aliphatic carbocycles. The molecule has 1 amide bonds. The minimum absolute atomic E-state index is 0.310. The van der Waals surface area contributed by atoms with Gasteiger partial charge < -0.3 is 19.6 Å². The Bertz CT molecular complexity index is 977. The number of carbonyl (C=O) groups is 2. The van der Waals surface area contributed by atoms with Crippen LogP contribution in [0, 0.1) is 6.92 Å². The average molecular weight is 387 g/mol. The number of ether oxygens (including phenoxy) is 1. The molecule has 1 heterocycles. The molecule has 2 aromatic rings. The molecule has 3 rings (SSSR count). The molecular weight excluding hydrogens is 362 g/mol. The van der Waals surface area contributed by atoms with Crippen molar-refractivity contribution in [2.24, 2.45) is 0 Å². The van der Waals surface area contributed by atoms with Crippen molar-refractivity contribution in [1.82, 2.24) is 5.32 Å². The summed E-state index contributed by atoms with van der Waals surface area (Å²) >= 11 is 0. The van der Waals surface area contributed by atoms with E-state index in [-0.39, 0.29) is 5.63 Å². The van der Waals surface area contributed by atoms with Crippen molar-refractivity contribution < 1.29 is 23.8 Å². The number of hydrogen-bond donors (Lipinski definition) is 2. The number of benzene rings is 1. The Morgan fingerprint density at radius 1 is 1.29 bits per heavy atom. The number of carboxylic acid groups (broad SMARTS) is 1. The third-order valence-corrected chi connectivity index (χ3v) is 5.21. The van der Waals surface area contributed by atoms with Crippen molar-refractivity contribution in [3.8, 4) is 5.75 Å². The lowest BCUT2D eigenvalue weighted by Crippen LogP contribution is -2.46. The smallest absolute Gasteiger partial charge is 0.339 e. The summed E-state index contributed by atoms with van der Waals surface area (Å²) in [5.74, 6) is -1.14. The van der Waals surface area contributed by atoms with Gasteiger partial charge in [-0.25, -0.2) is 9.59 Å². The third-order valence-electron chi connectivity index (χ3n) is 5.21. The van der Waals surface area contributed by atoms with Gasteiger partial charge in [0, 0.05) is 16.5 Å². The van der Waals surface area contributed by atoms with E-state index in [0.29, 0.717) is 29.7 Å². The second-order valence-electron chi connectivity index (χ2n) is 7.21. The van der Waals surface area contributed by atoms with Crippen LogP contribution in [0.5, 0.6) is 5.75 Å². The SMILES string of the molecule is CCC[C@H](NC(=O)[C@@H](C)Oc1ccc2c3c(c(=O)oc2c1C)CCC3)C(=O)O. The summed E-state index contributed by atoms with van der Waals surface area (Å²) in [6.07, 6.45) is 2.62. The van der Waals surface area contributed by atoms with Crippen LogP contribution in [-0.2, 0) is 22.4 Å². The predicted molar refractivity (Wildman–Crippen MR) is 104 cm³/mol. The highest BCUT2D eigenvalue weighted by atomic mass is 16.5. The van der Waals surface area contributed by atoms with Crippen molar-refractivity contribution in [2.75, 3.05) is 0 Å². The minimum atomic E-state index is -1.07. The summed E-state index contributed by atoms with van der Waals surface area (Å²) in [5, 5.41) is 12.6. The topological polar surface area (TPSA) is 106 Å². The van der Waals surface area contributed by atoms with E-state index in [2.05, 4.69) is 5.32 Å². The minimum Gasteiger partial charge on any atom is -0.480 e. The zero-order valence-electron chi connectivity index (χ0n) is 16.3. The van der Waals surface area contributed by atoms with Gasteiger partial charge in [-0.15, -0.1) is 0 Å². The first-order chi connectivity index (χ1) is 13.3. The van der Waals surface area contributed by atoms with Gasteiger partial charge in [-0.3, -0.25) is 4.79 Å². The number of fused-ring (bicyclic) bond motifs is 3. The van der Waals surface area contributed by atoms with E-state index in [1.54, 1.807) is 19.9 Å². The van der Waals surface area contributed by atoms with Gasteiger partial charge in [-0.05, 0) is 57.2 Å². The molecule has 0 aliphatic heterocycles. The number of carboxylic acids is 1. The maximum atomic E-state index is 12.3. The van der Waals surface area contributed by atoms with Crippen molar-refractivity contribution >= 4 is 22.8 Å². The summed E-state index contributed by atoms with van der Waals surface area (Å²) in [6.45, 7) is 5.19. The first-order valence-corrected chi connectivity index (χ1v) is 9.61. The number of hydrogen-bond acceptors (Lipinski definition) is 5. The van der Waals surface area contributed by atoms with Gasteiger partial charge in [0.25, 0.3) is 5.91 Å². The van der Waals surface area contributed by atoms with Gasteiger partial charge in [-0.1, -0.05) is 13.3 Å². The van der Waals surface area contributed by atoms with Gasteiger partial charge in [0.05, 0.1) is 0 Å².